The zero-order valence-corrected chi connectivity index (χ0v) is 13.3. The first-order chi connectivity index (χ1) is 9.97. The number of nitrogens with zero attached hydrogens (tertiary/aromatic N) is 2. The van der Waals surface area contributed by atoms with Gasteiger partial charge < -0.3 is 9.80 Å². The van der Waals surface area contributed by atoms with E-state index in [0.717, 1.165) is 11.3 Å². The highest BCUT2D eigenvalue weighted by Gasteiger charge is 2.13. The van der Waals surface area contributed by atoms with Crippen molar-refractivity contribution in [1.29, 1.82) is 0 Å². The number of amides is 1. The molecular weight excluding hydrogens is 284 g/mol. The van der Waals surface area contributed by atoms with Crippen molar-refractivity contribution < 1.29 is 4.79 Å². The van der Waals surface area contributed by atoms with E-state index in [9.17, 15) is 4.79 Å². The Kier molecular flexibility index (Phi) is 4.86. The Balaban J connectivity index is 2.14. The minimum Gasteiger partial charge on any atom is -0.378 e. The van der Waals surface area contributed by atoms with E-state index in [-0.39, 0.29) is 5.91 Å². The number of carbonyl (C=O) groups is 1. The Bertz CT molecular complexity index is 640. The number of hydrogen-bond acceptors (Lipinski definition) is 2. The van der Waals surface area contributed by atoms with E-state index in [1.165, 1.54) is 0 Å². The number of halogens is 1. The molecule has 0 unspecified atom stereocenters. The molecule has 0 aliphatic heterocycles. The maximum Gasteiger partial charge on any atom is 0.253 e. The molecule has 0 aliphatic carbocycles. The predicted octanol–water partition coefficient (Wildman–Crippen LogP) is 3.68. The van der Waals surface area contributed by atoms with Crippen LogP contribution in [0.2, 0.25) is 5.02 Å². The normalized spacial score (nSPS) is 10.3. The summed E-state index contributed by atoms with van der Waals surface area (Å²) in [5.41, 5.74) is 2.71. The third-order valence-corrected chi connectivity index (χ3v) is 3.50. The van der Waals surface area contributed by atoms with Crippen molar-refractivity contribution >= 4 is 23.2 Å². The van der Waals surface area contributed by atoms with Crippen LogP contribution in [0.1, 0.15) is 15.9 Å². The van der Waals surface area contributed by atoms with Crippen molar-refractivity contribution in [2.75, 3.05) is 26.0 Å². The molecule has 3 nitrogen and oxygen atoms in total. The molecule has 0 fully saturated rings. The van der Waals surface area contributed by atoms with Crippen LogP contribution in [-0.4, -0.2) is 32.0 Å². The minimum absolute atomic E-state index is 0.00123. The summed E-state index contributed by atoms with van der Waals surface area (Å²) in [4.78, 5) is 16.2. The summed E-state index contributed by atoms with van der Waals surface area (Å²) in [6, 6.07) is 15.2. The quantitative estimate of drug-likeness (QED) is 0.860. The Morgan fingerprint density at radius 2 is 1.76 bits per heavy atom. The summed E-state index contributed by atoms with van der Waals surface area (Å²) in [7, 11) is 5.71. The molecule has 21 heavy (non-hydrogen) atoms. The van der Waals surface area contributed by atoms with Gasteiger partial charge >= 0.3 is 0 Å². The van der Waals surface area contributed by atoms with Crippen LogP contribution in [-0.2, 0) is 6.54 Å². The maximum atomic E-state index is 12.5. The van der Waals surface area contributed by atoms with Gasteiger partial charge in [-0.3, -0.25) is 4.79 Å². The summed E-state index contributed by atoms with van der Waals surface area (Å²) < 4.78 is 0. The summed E-state index contributed by atoms with van der Waals surface area (Å²) >= 11 is 5.97. The van der Waals surface area contributed by atoms with Gasteiger partial charge in [-0.25, -0.2) is 0 Å². The lowest BCUT2D eigenvalue weighted by molar-refractivity contribution is 0.0785. The molecular formula is C17H19ClN2O. The number of carbonyl (C=O) groups excluding carboxylic acids is 1. The molecule has 0 bridgehead atoms. The van der Waals surface area contributed by atoms with Gasteiger partial charge in [-0.2, -0.15) is 0 Å². The van der Waals surface area contributed by atoms with E-state index < -0.39 is 0 Å². The largest absolute Gasteiger partial charge is 0.378 e. The summed E-state index contributed by atoms with van der Waals surface area (Å²) in [6.07, 6.45) is 0. The topological polar surface area (TPSA) is 23.6 Å². The first-order valence-electron chi connectivity index (χ1n) is 6.74. The van der Waals surface area contributed by atoms with Crippen molar-refractivity contribution in [3.8, 4) is 0 Å². The van der Waals surface area contributed by atoms with Gasteiger partial charge in [0.2, 0.25) is 0 Å². The van der Waals surface area contributed by atoms with Crippen LogP contribution in [0.15, 0.2) is 48.5 Å². The van der Waals surface area contributed by atoms with Crippen molar-refractivity contribution in [2.45, 2.75) is 6.54 Å². The van der Waals surface area contributed by atoms with Crippen LogP contribution in [0.25, 0.3) is 0 Å². The Labute approximate surface area is 130 Å². The van der Waals surface area contributed by atoms with Gasteiger partial charge in [0.1, 0.15) is 0 Å². The molecule has 0 saturated carbocycles. The molecule has 0 aliphatic rings. The number of hydrogen-bond donors (Lipinski definition) is 0. The summed E-state index contributed by atoms with van der Waals surface area (Å²) in [5, 5.41) is 0.683. The van der Waals surface area contributed by atoms with E-state index in [0.29, 0.717) is 17.1 Å². The van der Waals surface area contributed by atoms with Gasteiger partial charge in [0.25, 0.3) is 5.91 Å². The average Bonchev–Trinajstić information content (AvgIpc) is 2.46. The molecule has 0 heterocycles. The minimum atomic E-state index is -0.00123. The molecule has 110 valence electrons. The van der Waals surface area contributed by atoms with Gasteiger partial charge in [-0.05, 0) is 35.9 Å². The maximum absolute atomic E-state index is 12.5. The lowest BCUT2D eigenvalue weighted by Gasteiger charge is -2.19. The van der Waals surface area contributed by atoms with E-state index in [1.54, 1.807) is 11.9 Å². The molecule has 2 rings (SSSR count). The Hall–Kier alpha value is -2.00. The van der Waals surface area contributed by atoms with Gasteiger partial charge in [0.05, 0.1) is 0 Å². The average molecular weight is 303 g/mol. The van der Waals surface area contributed by atoms with Crippen LogP contribution >= 0.6 is 11.6 Å². The highest BCUT2D eigenvalue weighted by molar-refractivity contribution is 6.30. The number of benzene rings is 2. The van der Waals surface area contributed by atoms with Crippen LogP contribution in [0.5, 0.6) is 0 Å². The van der Waals surface area contributed by atoms with Crippen molar-refractivity contribution in [1.82, 2.24) is 4.90 Å². The van der Waals surface area contributed by atoms with Crippen LogP contribution in [0.3, 0.4) is 0 Å². The number of anilines is 1. The monoisotopic (exact) mass is 302 g/mol. The Morgan fingerprint density at radius 1 is 1.05 bits per heavy atom. The van der Waals surface area contributed by atoms with Crippen molar-refractivity contribution in [3.63, 3.8) is 0 Å². The van der Waals surface area contributed by atoms with Gasteiger partial charge in [0.15, 0.2) is 0 Å². The van der Waals surface area contributed by atoms with Gasteiger partial charge in [-0.15, -0.1) is 0 Å². The summed E-state index contributed by atoms with van der Waals surface area (Å²) in [6.45, 7) is 0.533. The lowest BCUT2D eigenvalue weighted by Crippen LogP contribution is -2.26. The zero-order valence-electron chi connectivity index (χ0n) is 12.5. The van der Waals surface area contributed by atoms with Crippen molar-refractivity contribution in [3.05, 3.63) is 64.7 Å². The molecule has 0 atom stereocenters. The van der Waals surface area contributed by atoms with E-state index in [2.05, 4.69) is 0 Å². The van der Waals surface area contributed by atoms with Gasteiger partial charge in [0, 0.05) is 44.0 Å². The number of rotatable bonds is 4. The molecule has 2 aromatic carbocycles. The molecule has 0 N–H and O–H groups in total. The van der Waals surface area contributed by atoms with Gasteiger partial charge in [-0.1, -0.05) is 29.8 Å². The van der Waals surface area contributed by atoms with Crippen LogP contribution < -0.4 is 4.90 Å². The van der Waals surface area contributed by atoms with E-state index >= 15 is 0 Å². The SMILES string of the molecule is CN(Cc1cccc(Cl)c1)C(=O)c1cccc(N(C)C)c1. The fourth-order valence-electron chi connectivity index (χ4n) is 2.12. The second kappa shape index (κ2) is 6.64. The molecule has 4 heteroatoms. The molecule has 0 radical (unpaired) electrons. The molecule has 0 aromatic heterocycles. The molecule has 2 aromatic rings. The highest BCUT2D eigenvalue weighted by atomic mass is 35.5. The Morgan fingerprint density at radius 3 is 2.43 bits per heavy atom. The van der Waals surface area contributed by atoms with E-state index in [4.69, 9.17) is 11.6 Å². The predicted molar refractivity (Wildman–Crippen MR) is 88.0 cm³/mol. The van der Waals surface area contributed by atoms with E-state index in [1.807, 2.05) is 67.5 Å². The summed E-state index contributed by atoms with van der Waals surface area (Å²) in [5.74, 6) is -0.00123. The first-order valence-corrected chi connectivity index (χ1v) is 7.12. The standard InChI is InChI=1S/C17H19ClN2O/c1-19(2)16-9-5-7-14(11-16)17(21)20(3)12-13-6-4-8-15(18)10-13/h4-11H,12H2,1-3H3. The lowest BCUT2D eigenvalue weighted by atomic mass is 10.1. The zero-order chi connectivity index (χ0) is 15.4. The highest BCUT2D eigenvalue weighted by Crippen LogP contribution is 2.17. The fourth-order valence-corrected chi connectivity index (χ4v) is 2.33. The molecule has 0 spiro atoms. The second-order valence-corrected chi connectivity index (χ2v) is 5.67. The van der Waals surface area contributed by atoms with Crippen LogP contribution in [0, 0.1) is 0 Å². The third-order valence-electron chi connectivity index (χ3n) is 3.26. The smallest absolute Gasteiger partial charge is 0.253 e. The molecule has 0 saturated heterocycles. The first kappa shape index (κ1) is 15.4. The fraction of sp³-hybridized carbons (Fsp3) is 0.235. The van der Waals surface area contributed by atoms with Crippen molar-refractivity contribution in [2.24, 2.45) is 0 Å². The third kappa shape index (κ3) is 3.99. The second-order valence-electron chi connectivity index (χ2n) is 5.24. The molecule has 1 amide bonds. The van der Waals surface area contributed by atoms with Crippen LogP contribution in [0.4, 0.5) is 5.69 Å².